The Morgan fingerprint density at radius 1 is 1.00 bits per heavy atom. The average molecular weight is 310 g/mol. The highest BCUT2D eigenvalue weighted by atomic mass is 16.7. The van der Waals surface area contributed by atoms with Gasteiger partial charge in [0.2, 0.25) is 0 Å². The molecule has 0 aromatic carbocycles. The van der Waals surface area contributed by atoms with Crippen LogP contribution in [-0.2, 0) is 14.3 Å². The second kappa shape index (κ2) is 7.81. The van der Waals surface area contributed by atoms with Gasteiger partial charge in [0.25, 0.3) is 0 Å². The maximum Gasteiger partial charge on any atom is 0.310 e. The monoisotopic (exact) mass is 310 g/mol. The van der Waals surface area contributed by atoms with E-state index in [-0.39, 0.29) is 18.2 Å². The van der Waals surface area contributed by atoms with Crippen LogP contribution in [-0.4, -0.2) is 18.4 Å². The molecule has 0 spiro atoms. The van der Waals surface area contributed by atoms with Crippen molar-refractivity contribution in [3.05, 3.63) is 0 Å². The van der Waals surface area contributed by atoms with Crippen LogP contribution in [0.2, 0.25) is 0 Å². The van der Waals surface area contributed by atoms with Gasteiger partial charge in [-0.25, -0.2) is 0 Å². The van der Waals surface area contributed by atoms with Gasteiger partial charge in [0.05, 0.1) is 12.0 Å². The van der Waals surface area contributed by atoms with Gasteiger partial charge in [-0.1, -0.05) is 27.7 Å². The molecule has 4 bridgehead atoms. The van der Waals surface area contributed by atoms with Gasteiger partial charge in [0.15, 0.2) is 6.29 Å². The first-order chi connectivity index (χ1) is 10.6. The topological polar surface area (TPSA) is 35.5 Å². The second-order valence-corrected chi connectivity index (χ2v) is 7.35. The van der Waals surface area contributed by atoms with E-state index < -0.39 is 0 Å². The minimum absolute atomic E-state index is 0.0282. The van der Waals surface area contributed by atoms with Crippen molar-refractivity contribution in [1.82, 2.24) is 0 Å². The molecule has 4 fully saturated rings. The van der Waals surface area contributed by atoms with E-state index in [1.54, 1.807) is 0 Å². The first kappa shape index (κ1) is 17.8. The fourth-order valence-corrected chi connectivity index (χ4v) is 4.79. The zero-order chi connectivity index (χ0) is 16.3. The molecule has 3 heteroatoms. The molecule has 4 saturated carbocycles. The molecule has 0 amide bonds. The molecular weight excluding hydrogens is 276 g/mol. The van der Waals surface area contributed by atoms with E-state index >= 15 is 0 Å². The smallest absolute Gasteiger partial charge is 0.310 e. The van der Waals surface area contributed by atoms with Crippen LogP contribution in [0.4, 0.5) is 0 Å². The lowest BCUT2D eigenvalue weighted by molar-refractivity contribution is -0.221. The highest BCUT2D eigenvalue weighted by molar-refractivity contribution is 5.71. The number of hydrogen-bond donors (Lipinski definition) is 0. The Balaban J connectivity index is 0.000000847. The molecule has 0 saturated heterocycles. The van der Waals surface area contributed by atoms with Crippen molar-refractivity contribution in [2.45, 2.75) is 85.5 Å². The molecule has 0 aromatic rings. The van der Waals surface area contributed by atoms with Crippen molar-refractivity contribution in [3.8, 4) is 0 Å². The van der Waals surface area contributed by atoms with Crippen molar-refractivity contribution in [3.63, 3.8) is 0 Å². The largest absolute Gasteiger partial charge is 0.436 e. The predicted octanol–water partition coefficient (Wildman–Crippen LogP) is 4.79. The van der Waals surface area contributed by atoms with Crippen LogP contribution in [0.25, 0.3) is 0 Å². The third kappa shape index (κ3) is 3.84. The Labute approximate surface area is 136 Å². The maximum absolute atomic E-state index is 11.8. The van der Waals surface area contributed by atoms with Gasteiger partial charge < -0.3 is 9.47 Å². The third-order valence-corrected chi connectivity index (χ3v) is 5.79. The summed E-state index contributed by atoms with van der Waals surface area (Å²) < 4.78 is 11.6. The average Bonchev–Trinajstić information content (AvgIpc) is 2.51. The molecule has 4 rings (SSSR count). The van der Waals surface area contributed by atoms with Gasteiger partial charge in [-0.2, -0.15) is 0 Å². The number of esters is 1. The fraction of sp³-hybridized carbons (Fsp3) is 0.947. The lowest BCUT2D eigenvalue weighted by atomic mass is 9.55. The van der Waals surface area contributed by atoms with E-state index in [1.165, 1.54) is 32.1 Å². The van der Waals surface area contributed by atoms with Crippen LogP contribution >= 0.6 is 0 Å². The lowest BCUT2D eigenvalue weighted by Crippen LogP contribution is -2.50. The van der Waals surface area contributed by atoms with E-state index in [9.17, 15) is 4.79 Å². The van der Waals surface area contributed by atoms with Crippen LogP contribution in [0.3, 0.4) is 0 Å². The summed E-state index contributed by atoms with van der Waals surface area (Å²) in [5.74, 6) is 3.20. The van der Waals surface area contributed by atoms with E-state index in [0.29, 0.717) is 6.10 Å². The summed E-state index contributed by atoms with van der Waals surface area (Å²) in [6, 6.07) is 0. The van der Waals surface area contributed by atoms with Crippen molar-refractivity contribution in [1.29, 1.82) is 0 Å². The number of carbonyl (C=O) groups is 1. The van der Waals surface area contributed by atoms with E-state index in [0.717, 1.165) is 30.1 Å². The van der Waals surface area contributed by atoms with Gasteiger partial charge in [0.1, 0.15) is 0 Å². The SMILES string of the molecule is CC.CCC(C)C(=O)OC(C)OC1C2CC3CC(C2)CC1C3. The van der Waals surface area contributed by atoms with Crippen LogP contribution < -0.4 is 0 Å². The molecule has 0 aliphatic heterocycles. The van der Waals surface area contributed by atoms with Gasteiger partial charge in [-0.05, 0) is 69.1 Å². The van der Waals surface area contributed by atoms with Crippen LogP contribution in [0.5, 0.6) is 0 Å². The second-order valence-electron chi connectivity index (χ2n) is 7.35. The fourth-order valence-electron chi connectivity index (χ4n) is 4.79. The Hall–Kier alpha value is -0.570. The first-order valence-corrected chi connectivity index (χ1v) is 9.42. The first-order valence-electron chi connectivity index (χ1n) is 9.42. The Morgan fingerprint density at radius 3 is 1.95 bits per heavy atom. The van der Waals surface area contributed by atoms with Crippen molar-refractivity contribution in [2.75, 3.05) is 0 Å². The predicted molar refractivity (Wildman–Crippen MR) is 88.3 cm³/mol. The Bertz CT molecular complexity index is 338. The highest BCUT2D eigenvalue weighted by Gasteiger charge is 2.49. The highest BCUT2D eigenvalue weighted by Crippen LogP contribution is 2.54. The lowest BCUT2D eigenvalue weighted by Gasteiger charge is -2.54. The molecule has 2 unspecified atom stereocenters. The molecule has 0 heterocycles. The summed E-state index contributed by atoms with van der Waals surface area (Å²) in [6.45, 7) is 9.80. The molecule has 22 heavy (non-hydrogen) atoms. The number of rotatable bonds is 5. The minimum atomic E-state index is -0.390. The van der Waals surface area contributed by atoms with E-state index in [4.69, 9.17) is 9.47 Å². The van der Waals surface area contributed by atoms with Crippen LogP contribution in [0.1, 0.15) is 73.1 Å². The van der Waals surface area contributed by atoms with Crippen molar-refractivity contribution in [2.24, 2.45) is 29.6 Å². The Kier molecular flexibility index (Phi) is 6.31. The number of ether oxygens (including phenoxy) is 2. The maximum atomic E-state index is 11.8. The van der Waals surface area contributed by atoms with Crippen molar-refractivity contribution >= 4 is 5.97 Å². The van der Waals surface area contributed by atoms with E-state index in [2.05, 4.69) is 0 Å². The summed E-state index contributed by atoms with van der Waals surface area (Å²) in [4.78, 5) is 11.8. The third-order valence-electron chi connectivity index (χ3n) is 5.79. The van der Waals surface area contributed by atoms with Gasteiger partial charge >= 0.3 is 5.97 Å². The number of hydrogen-bond acceptors (Lipinski definition) is 3. The summed E-state index contributed by atoms with van der Waals surface area (Å²) in [7, 11) is 0. The van der Waals surface area contributed by atoms with Gasteiger partial charge in [0, 0.05) is 0 Å². The molecule has 128 valence electrons. The molecule has 0 radical (unpaired) electrons. The zero-order valence-corrected chi connectivity index (χ0v) is 15.0. The Morgan fingerprint density at radius 2 is 1.50 bits per heavy atom. The molecule has 4 aliphatic carbocycles. The zero-order valence-electron chi connectivity index (χ0n) is 15.0. The normalized spacial score (nSPS) is 38.0. The summed E-state index contributed by atoms with van der Waals surface area (Å²) in [6.07, 6.45) is 7.57. The summed E-state index contributed by atoms with van der Waals surface area (Å²) in [5, 5.41) is 0. The van der Waals surface area contributed by atoms with Crippen LogP contribution in [0, 0.1) is 29.6 Å². The van der Waals surface area contributed by atoms with Gasteiger partial charge in [-0.15, -0.1) is 0 Å². The molecular formula is C19H34O3. The standard InChI is InChI=1S/C17H28O3.C2H6/c1-4-10(2)17(18)20-11(3)19-16-14-6-12-5-13(8-14)9-15(16)7-12;1-2/h10-16H,4-9H2,1-3H3;1-2H3. The van der Waals surface area contributed by atoms with E-state index in [1.807, 2.05) is 34.6 Å². The van der Waals surface area contributed by atoms with Gasteiger partial charge in [-0.3, -0.25) is 4.79 Å². The quantitative estimate of drug-likeness (QED) is 0.541. The molecule has 2 atom stereocenters. The summed E-state index contributed by atoms with van der Waals surface area (Å²) >= 11 is 0. The molecule has 4 aliphatic rings. The molecule has 3 nitrogen and oxygen atoms in total. The summed E-state index contributed by atoms with van der Waals surface area (Å²) in [5.41, 5.74) is 0. The van der Waals surface area contributed by atoms with Crippen LogP contribution in [0.15, 0.2) is 0 Å². The molecule has 0 aromatic heterocycles. The van der Waals surface area contributed by atoms with Crippen molar-refractivity contribution < 1.29 is 14.3 Å². The molecule has 0 N–H and O–H groups in total. The number of carbonyl (C=O) groups excluding carboxylic acids is 1. The minimum Gasteiger partial charge on any atom is -0.436 e.